The number of amides is 1. The molecule has 126 valence electrons. The summed E-state index contributed by atoms with van der Waals surface area (Å²) in [6, 6.07) is 7.53. The highest BCUT2D eigenvalue weighted by Gasteiger charge is 2.29. The first kappa shape index (κ1) is 17.9. The molecule has 1 aliphatic rings. The Balaban J connectivity index is 1.75. The summed E-state index contributed by atoms with van der Waals surface area (Å²) < 4.78 is 6.09. The largest absolute Gasteiger partial charge is 0.466 e. The van der Waals surface area contributed by atoms with Gasteiger partial charge in [0.1, 0.15) is 5.92 Å². The van der Waals surface area contributed by atoms with Crippen LogP contribution in [0.5, 0.6) is 0 Å². The van der Waals surface area contributed by atoms with Crippen molar-refractivity contribution < 1.29 is 19.2 Å². The average molecular weight is 384 g/mol. The summed E-state index contributed by atoms with van der Waals surface area (Å²) in [7, 11) is 0. The molecule has 2 rings (SSSR count). The van der Waals surface area contributed by atoms with Gasteiger partial charge in [-0.2, -0.15) is 0 Å². The van der Waals surface area contributed by atoms with E-state index in [1.165, 1.54) is 4.90 Å². The fraction of sp³-hybridized carbons (Fsp3) is 0.529. The maximum atomic E-state index is 12.0. The maximum absolute atomic E-state index is 12.0. The van der Waals surface area contributed by atoms with E-state index >= 15 is 0 Å². The molecule has 1 unspecified atom stereocenters. The first-order valence-corrected chi connectivity index (χ1v) is 8.93. The maximum Gasteiger partial charge on any atom is 0.314 e. The summed E-state index contributed by atoms with van der Waals surface area (Å²) in [6.45, 7) is 4.79. The Labute approximate surface area is 145 Å². The van der Waals surface area contributed by atoms with Crippen molar-refractivity contribution in [2.45, 2.75) is 26.2 Å². The van der Waals surface area contributed by atoms with Gasteiger partial charge in [-0.05, 0) is 44.0 Å². The van der Waals surface area contributed by atoms with Gasteiger partial charge in [0.15, 0.2) is 0 Å². The summed E-state index contributed by atoms with van der Waals surface area (Å²) in [6.07, 6.45) is 2.36. The Bertz CT molecular complexity index is 533. The van der Waals surface area contributed by atoms with Crippen LogP contribution in [0.2, 0.25) is 0 Å². The molecule has 2 N–H and O–H groups in total. The standard InChI is InChI=1S/C17H23BrN2O3/c1-2-23-17(22)13-4-3-10-20(12-13)11-9-16(21)19-15-7-5-14(18)6-8-15/h5-8,13H,2-4,9-12H2,1H3,(H,19,21)/p+1/t13-/m1/s1. The summed E-state index contributed by atoms with van der Waals surface area (Å²) in [5.74, 6) is -0.102. The normalized spacial score (nSPS) is 20.8. The lowest BCUT2D eigenvalue weighted by Crippen LogP contribution is -3.13. The van der Waals surface area contributed by atoms with Crippen LogP contribution >= 0.6 is 15.9 Å². The summed E-state index contributed by atoms with van der Waals surface area (Å²) in [5.41, 5.74) is 0.802. The van der Waals surface area contributed by atoms with Crippen LogP contribution in [0.15, 0.2) is 28.7 Å². The minimum Gasteiger partial charge on any atom is -0.466 e. The van der Waals surface area contributed by atoms with Crippen molar-refractivity contribution in [2.75, 3.05) is 31.6 Å². The second-order valence-electron chi connectivity index (χ2n) is 5.85. The van der Waals surface area contributed by atoms with E-state index in [2.05, 4.69) is 21.2 Å². The Morgan fingerprint density at radius 2 is 2.09 bits per heavy atom. The first-order chi connectivity index (χ1) is 11.1. The number of halogens is 1. The van der Waals surface area contributed by atoms with E-state index in [-0.39, 0.29) is 17.8 Å². The van der Waals surface area contributed by atoms with Gasteiger partial charge in [-0.3, -0.25) is 9.59 Å². The van der Waals surface area contributed by atoms with Gasteiger partial charge >= 0.3 is 5.97 Å². The molecule has 1 aromatic carbocycles. The number of carbonyl (C=O) groups excluding carboxylic acids is 2. The number of hydrogen-bond donors (Lipinski definition) is 2. The van der Waals surface area contributed by atoms with Crippen molar-refractivity contribution >= 4 is 33.5 Å². The number of esters is 1. The number of nitrogens with one attached hydrogen (secondary N) is 2. The van der Waals surface area contributed by atoms with Crippen LogP contribution in [0.3, 0.4) is 0 Å². The lowest BCUT2D eigenvalue weighted by atomic mass is 9.98. The minimum absolute atomic E-state index is 0.0121. The number of likely N-dealkylation sites (tertiary alicyclic amines) is 1. The summed E-state index contributed by atoms with van der Waals surface area (Å²) >= 11 is 3.37. The van der Waals surface area contributed by atoms with Crippen LogP contribution in [0.4, 0.5) is 5.69 Å². The number of benzene rings is 1. The molecule has 1 aliphatic heterocycles. The molecule has 1 fully saturated rings. The van der Waals surface area contributed by atoms with Crippen molar-refractivity contribution in [3.8, 4) is 0 Å². The van der Waals surface area contributed by atoms with Crippen molar-refractivity contribution in [3.05, 3.63) is 28.7 Å². The zero-order chi connectivity index (χ0) is 16.7. The number of ether oxygens (including phenoxy) is 1. The molecular formula is C17H24BrN2O3+. The van der Waals surface area contributed by atoms with Gasteiger partial charge in [0.25, 0.3) is 0 Å². The summed E-state index contributed by atoms with van der Waals surface area (Å²) in [5, 5.41) is 2.90. The van der Waals surface area contributed by atoms with Crippen LogP contribution < -0.4 is 10.2 Å². The van der Waals surface area contributed by atoms with Crippen molar-refractivity contribution in [1.82, 2.24) is 0 Å². The Hall–Kier alpha value is -1.40. The molecule has 0 radical (unpaired) electrons. The molecule has 0 spiro atoms. The van der Waals surface area contributed by atoms with E-state index < -0.39 is 0 Å². The third-order valence-corrected chi connectivity index (χ3v) is 4.60. The van der Waals surface area contributed by atoms with E-state index in [4.69, 9.17) is 4.74 Å². The lowest BCUT2D eigenvalue weighted by Gasteiger charge is -2.28. The lowest BCUT2D eigenvalue weighted by molar-refractivity contribution is -0.906. The van der Waals surface area contributed by atoms with Gasteiger partial charge in [-0.1, -0.05) is 15.9 Å². The number of hydrogen-bond acceptors (Lipinski definition) is 3. The van der Waals surface area contributed by atoms with Crippen LogP contribution in [0.25, 0.3) is 0 Å². The van der Waals surface area contributed by atoms with Gasteiger partial charge in [-0.25, -0.2) is 0 Å². The van der Waals surface area contributed by atoms with Crippen LogP contribution in [-0.2, 0) is 14.3 Å². The van der Waals surface area contributed by atoms with E-state index in [0.29, 0.717) is 13.0 Å². The van der Waals surface area contributed by atoms with Crippen molar-refractivity contribution in [3.63, 3.8) is 0 Å². The monoisotopic (exact) mass is 383 g/mol. The third-order valence-electron chi connectivity index (χ3n) is 4.07. The molecule has 0 aromatic heterocycles. The van der Waals surface area contributed by atoms with Crippen molar-refractivity contribution in [1.29, 1.82) is 0 Å². The highest BCUT2D eigenvalue weighted by Crippen LogP contribution is 2.14. The quantitative estimate of drug-likeness (QED) is 0.734. The molecular weight excluding hydrogens is 360 g/mol. The highest BCUT2D eigenvalue weighted by atomic mass is 79.9. The van der Waals surface area contributed by atoms with E-state index in [1.54, 1.807) is 0 Å². The van der Waals surface area contributed by atoms with E-state index in [0.717, 1.165) is 42.6 Å². The second kappa shape index (κ2) is 9.03. The van der Waals surface area contributed by atoms with Gasteiger partial charge in [0, 0.05) is 10.2 Å². The van der Waals surface area contributed by atoms with E-state index in [9.17, 15) is 9.59 Å². The number of rotatable bonds is 6. The van der Waals surface area contributed by atoms with Gasteiger partial charge in [-0.15, -0.1) is 0 Å². The number of anilines is 1. The van der Waals surface area contributed by atoms with Gasteiger partial charge in [0.2, 0.25) is 5.91 Å². The van der Waals surface area contributed by atoms with E-state index in [1.807, 2.05) is 31.2 Å². The SMILES string of the molecule is CCOC(=O)[C@@H]1CCC[NH+](CCC(=O)Nc2ccc(Br)cc2)C1. The number of quaternary nitrogens is 1. The van der Waals surface area contributed by atoms with Crippen LogP contribution in [-0.4, -0.2) is 38.1 Å². The van der Waals surface area contributed by atoms with Crippen molar-refractivity contribution in [2.24, 2.45) is 5.92 Å². The molecule has 6 heteroatoms. The molecule has 1 aromatic rings. The molecule has 1 saturated heterocycles. The predicted molar refractivity (Wildman–Crippen MR) is 92.3 cm³/mol. The minimum atomic E-state index is -0.0935. The molecule has 5 nitrogen and oxygen atoms in total. The zero-order valence-electron chi connectivity index (χ0n) is 13.4. The molecule has 0 aliphatic carbocycles. The van der Waals surface area contributed by atoms with Gasteiger partial charge in [0.05, 0.1) is 32.7 Å². The fourth-order valence-electron chi connectivity index (χ4n) is 2.89. The number of carbonyl (C=O) groups is 2. The molecule has 2 atom stereocenters. The Morgan fingerprint density at radius 3 is 2.78 bits per heavy atom. The molecule has 1 heterocycles. The van der Waals surface area contributed by atoms with Crippen LogP contribution in [0.1, 0.15) is 26.2 Å². The predicted octanol–water partition coefficient (Wildman–Crippen LogP) is 1.64. The molecule has 0 bridgehead atoms. The first-order valence-electron chi connectivity index (χ1n) is 8.14. The smallest absolute Gasteiger partial charge is 0.314 e. The average Bonchev–Trinajstić information content (AvgIpc) is 2.56. The zero-order valence-corrected chi connectivity index (χ0v) is 15.0. The second-order valence-corrected chi connectivity index (χ2v) is 6.77. The third kappa shape index (κ3) is 5.95. The van der Waals surface area contributed by atoms with Crippen LogP contribution in [0, 0.1) is 5.92 Å². The number of piperidine rings is 1. The topological polar surface area (TPSA) is 59.8 Å². The molecule has 1 amide bonds. The molecule has 23 heavy (non-hydrogen) atoms. The fourth-order valence-corrected chi connectivity index (χ4v) is 3.15. The summed E-state index contributed by atoms with van der Waals surface area (Å²) in [4.78, 5) is 25.2. The molecule has 0 saturated carbocycles. The highest BCUT2D eigenvalue weighted by molar-refractivity contribution is 9.10. The van der Waals surface area contributed by atoms with Gasteiger partial charge < -0.3 is 15.0 Å². The Morgan fingerprint density at radius 1 is 1.35 bits per heavy atom. The Kier molecular flexibility index (Phi) is 7.05.